The van der Waals surface area contributed by atoms with Crippen molar-refractivity contribution >= 4 is 23.6 Å². The number of anilines is 2. The van der Waals surface area contributed by atoms with Gasteiger partial charge in [0.25, 0.3) is 0 Å². The van der Waals surface area contributed by atoms with Gasteiger partial charge in [-0.2, -0.15) is 0 Å². The molecule has 1 aliphatic rings. The fourth-order valence-corrected chi connectivity index (χ4v) is 3.95. The zero-order valence-electron chi connectivity index (χ0n) is 17.7. The van der Waals surface area contributed by atoms with Crippen molar-refractivity contribution in [2.45, 2.75) is 44.7 Å². The Labute approximate surface area is 168 Å². The minimum Gasteiger partial charge on any atom is -0.465 e. The Kier molecular flexibility index (Phi) is 8.26. The monoisotopic (exact) mass is 390 g/mol. The Hall–Kier alpha value is -2.12. The van der Waals surface area contributed by atoms with Gasteiger partial charge in [0.2, 0.25) is 0 Å². The van der Waals surface area contributed by atoms with Crippen LogP contribution in [0.3, 0.4) is 0 Å². The molecule has 0 unspecified atom stereocenters. The molecule has 7 heteroatoms. The quantitative estimate of drug-likeness (QED) is 0.444. The average Bonchev–Trinajstić information content (AvgIpc) is 2.73. The van der Waals surface area contributed by atoms with Crippen LogP contribution in [-0.4, -0.2) is 70.6 Å². The maximum atomic E-state index is 12.2. The number of benzene rings is 1. The number of nitrogens with zero attached hydrogens (tertiary/aromatic N) is 1. The van der Waals surface area contributed by atoms with E-state index in [1.807, 2.05) is 6.92 Å². The van der Waals surface area contributed by atoms with Crippen LogP contribution in [0.25, 0.3) is 0 Å². The molecule has 0 atom stereocenters. The molecule has 0 aliphatic heterocycles. The zero-order valence-corrected chi connectivity index (χ0v) is 17.7. The summed E-state index contributed by atoms with van der Waals surface area (Å²) in [5.74, 6) is -0.364. The predicted octanol–water partition coefficient (Wildman–Crippen LogP) is 3.12. The van der Waals surface area contributed by atoms with Gasteiger partial charge < -0.3 is 30.4 Å². The van der Waals surface area contributed by atoms with Gasteiger partial charge in [-0.05, 0) is 51.3 Å². The third-order valence-electron chi connectivity index (χ3n) is 5.76. The van der Waals surface area contributed by atoms with Crippen LogP contribution < -0.4 is 10.6 Å². The number of methoxy groups -OCH3 is 2. The first-order valence-electron chi connectivity index (χ1n) is 9.86. The number of hydrogen-bond donors (Lipinski definition) is 3. The highest BCUT2D eigenvalue weighted by Gasteiger charge is 2.26. The van der Waals surface area contributed by atoms with Crippen LogP contribution in [0.4, 0.5) is 11.4 Å². The lowest BCUT2D eigenvalue weighted by molar-refractivity contribution is 0.0600. The molecule has 156 valence electrons. The van der Waals surface area contributed by atoms with Gasteiger partial charge in [-0.1, -0.05) is 0 Å². The van der Waals surface area contributed by atoms with E-state index in [-0.39, 0.29) is 5.97 Å². The first-order chi connectivity index (χ1) is 13.5. The van der Waals surface area contributed by atoms with Crippen molar-refractivity contribution in [3.63, 3.8) is 0 Å². The molecule has 3 N–H and O–H groups in total. The van der Waals surface area contributed by atoms with E-state index in [2.05, 4.69) is 22.6 Å². The lowest BCUT2D eigenvalue weighted by atomic mass is 9.89. The smallest absolute Gasteiger partial charge is 0.338 e. The van der Waals surface area contributed by atoms with Crippen molar-refractivity contribution in [1.82, 2.24) is 4.90 Å². The fourth-order valence-electron chi connectivity index (χ4n) is 3.95. The Balaban J connectivity index is 2.17. The van der Waals surface area contributed by atoms with Crippen LogP contribution in [0.5, 0.6) is 0 Å². The highest BCUT2D eigenvalue weighted by Crippen LogP contribution is 2.33. The number of rotatable bonds is 9. The number of ether oxygens (including phenoxy) is 2. The van der Waals surface area contributed by atoms with E-state index in [9.17, 15) is 4.79 Å². The van der Waals surface area contributed by atoms with Crippen LogP contribution in [0, 0.1) is 12.3 Å². The minimum absolute atomic E-state index is 0.321. The topological polar surface area (TPSA) is 86.7 Å². The number of carbonyl (C=O) groups excluding carboxylic acids is 1. The molecule has 0 spiro atoms. The van der Waals surface area contributed by atoms with E-state index in [0.29, 0.717) is 17.6 Å². The molecule has 2 rings (SSSR count). The largest absolute Gasteiger partial charge is 0.465 e. The van der Waals surface area contributed by atoms with Crippen molar-refractivity contribution < 1.29 is 14.3 Å². The highest BCUT2D eigenvalue weighted by molar-refractivity contribution is 6.01. The van der Waals surface area contributed by atoms with E-state index in [4.69, 9.17) is 14.9 Å². The Morgan fingerprint density at radius 3 is 2.54 bits per heavy atom. The first kappa shape index (κ1) is 22.2. The van der Waals surface area contributed by atoms with Crippen molar-refractivity contribution in [3.8, 4) is 0 Å². The summed E-state index contributed by atoms with van der Waals surface area (Å²) < 4.78 is 10.1. The second-order valence-electron chi connectivity index (χ2n) is 7.39. The summed E-state index contributed by atoms with van der Waals surface area (Å²) in [5.41, 5.74) is 3.71. The molecule has 0 heterocycles. The Bertz CT molecular complexity index is 685. The van der Waals surface area contributed by atoms with Crippen LogP contribution in [0.15, 0.2) is 6.07 Å². The molecule has 0 radical (unpaired) electrons. The van der Waals surface area contributed by atoms with Crippen molar-refractivity contribution in [3.05, 3.63) is 22.8 Å². The number of hydrogen-bond acceptors (Lipinski definition) is 7. The van der Waals surface area contributed by atoms with Gasteiger partial charge >= 0.3 is 5.97 Å². The molecule has 1 fully saturated rings. The molecular formula is C21H34N4O3. The normalized spacial score (nSPS) is 19.4. The van der Waals surface area contributed by atoms with Crippen LogP contribution in [-0.2, 0) is 9.47 Å². The molecule has 28 heavy (non-hydrogen) atoms. The highest BCUT2D eigenvalue weighted by atomic mass is 16.5. The standard InChI is InChI=1S/C21H34N4O3/c1-14-17(21(26)28-5)12-19(23-2)18(13-22)20(14)24-15-6-8-16(9-7-15)25(3)10-11-27-4/h12-13,15-16,22-24H,6-11H2,1-5H3. The maximum absolute atomic E-state index is 12.2. The predicted molar refractivity (Wildman–Crippen MR) is 114 cm³/mol. The minimum atomic E-state index is -0.364. The number of likely N-dealkylation sites (N-methyl/N-ethyl adjacent to an activating group) is 1. The molecular weight excluding hydrogens is 356 g/mol. The van der Waals surface area contributed by atoms with Gasteiger partial charge in [0, 0.05) is 55.9 Å². The van der Waals surface area contributed by atoms with E-state index in [1.54, 1.807) is 20.2 Å². The summed E-state index contributed by atoms with van der Waals surface area (Å²) in [7, 11) is 7.08. The van der Waals surface area contributed by atoms with Crippen LogP contribution in [0.1, 0.15) is 47.2 Å². The number of nitrogens with one attached hydrogen (secondary N) is 3. The van der Waals surface area contributed by atoms with E-state index in [0.717, 1.165) is 61.3 Å². The number of esters is 1. The van der Waals surface area contributed by atoms with Gasteiger partial charge in [0.05, 0.1) is 19.3 Å². The van der Waals surface area contributed by atoms with Crippen LogP contribution >= 0.6 is 0 Å². The van der Waals surface area contributed by atoms with Crippen molar-refractivity contribution in [2.24, 2.45) is 0 Å². The van der Waals surface area contributed by atoms with E-state index < -0.39 is 0 Å². The molecule has 0 amide bonds. The van der Waals surface area contributed by atoms with Gasteiger partial charge in [0.1, 0.15) is 0 Å². The lowest BCUT2D eigenvalue weighted by Crippen LogP contribution is -2.39. The molecule has 0 aromatic heterocycles. The Morgan fingerprint density at radius 2 is 2.00 bits per heavy atom. The SMILES string of the molecule is CNc1cc(C(=O)OC)c(C)c(NC2CCC(N(C)CCOC)CC2)c1C=N. The molecule has 1 aromatic carbocycles. The molecule has 7 nitrogen and oxygen atoms in total. The van der Waals surface area contributed by atoms with Gasteiger partial charge in [0.15, 0.2) is 0 Å². The van der Waals surface area contributed by atoms with Gasteiger partial charge in [-0.15, -0.1) is 0 Å². The first-order valence-corrected chi connectivity index (χ1v) is 9.86. The van der Waals surface area contributed by atoms with Crippen LogP contribution in [0.2, 0.25) is 0 Å². The molecule has 0 bridgehead atoms. The van der Waals surface area contributed by atoms with Gasteiger partial charge in [-0.25, -0.2) is 4.79 Å². The second kappa shape index (κ2) is 10.4. The average molecular weight is 391 g/mol. The summed E-state index contributed by atoms with van der Waals surface area (Å²) in [6.07, 6.45) is 5.68. The molecule has 0 saturated heterocycles. The molecule has 1 aliphatic carbocycles. The summed E-state index contributed by atoms with van der Waals surface area (Å²) in [5, 5.41) is 14.6. The van der Waals surface area contributed by atoms with E-state index in [1.165, 1.54) is 13.3 Å². The molecule has 1 aromatic rings. The fraction of sp³-hybridized carbons (Fsp3) is 0.619. The molecule has 1 saturated carbocycles. The lowest BCUT2D eigenvalue weighted by Gasteiger charge is -2.36. The summed E-state index contributed by atoms with van der Waals surface area (Å²) >= 11 is 0. The summed E-state index contributed by atoms with van der Waals surface area (Å²) in [4.78, 5) is 14.6. The second-order valence-corrected chi connectivity index (χ2v) is 7.39. The third kappa shape index (κ3) is 5.02. The maximum Gasteiger partial charge on any atom is 0.338 e. The zero-order chi connectivity index (χ0) is 20.7. The summed E-state index contributed by atoms with van der Waals surface area (Å²) in [6.45, 7) is 3.61. The van der Waals surface area contributed by atoms with E-state index >= 15 is 0 Å². The van der Waals surface area contributed by atoms with Crippen molar-refractivity contribution in [2.75, 3.05) is 52.1 Å². The summed E-state index contributed by atoms with van der Waals surface area (Å²) in [6, 6.07) is 2.65. The Morgan fingerprint density at radius 1 is 1.32 bits per heavy atom. The van der Waals surface area contributed by atoms with Gasteiger partial charge in [-0.3, -0.25) is 0 Å². The third-order valence-corrected chi connectivity index (χ3v) is 5.76. The van der Waals surface area contributed by atoms with Crippen molar-refractivity contribution in [1.29, 1.82) is 5.41 Å². The number of carbonyl (C=O) groups is 1.